The number of pyridine rings is 2. The van der Waals surface area contributed by atoms with Crippen molar-refractivity contribution >= 4 is 63.0 Å². The van der Waals surface area contributed by atoms with Crippen LogP contribution in [-0.4, -0.2) is 238 Å². The molecule has 8 heterocycles. The fourth-order valence-corrected chi connectivity index (χ4v) is 24.0. The number of carbonyl (C=O) groups is 4. The van der Waals surface area contributed by atoms with E-state index in [1.54, 1.807) is 29.7 Å². The Kier molecular flexibility index (Phi) is 33.7. The van der Waals surface area contributed by atoms with Crippen molar-refractivity contribution in [1.29, 1.82) is 0 Å². The summed E-state index contributed by atoms with van der Waals surface area (Å²) in [5, 5.41) is 36.8. The van der Waals surface area contributed by atoms with Crippen LogP contribution in [0.1, 0.15) is 132 Å². The molecule has 0 spiro atoms. The lowest BCUT2D eigenvalue weighted by atomic mass is 9.94. The Morgan fingerprint density at radius 3 is 0.854 bits per heavy atom. The number of nitrogens with one attached hydrogen (secondary N) is 4. The van der Waals surface area contributed by atoms with Crippen LogP contribution in [0.25, 0.3) is 45.0 Å². The number of hydroxylamine groups is 4. The fourth-order valence-electron chi connectivity index (χ4n) is 16.2. The van der Waals surface area contributed by atoms with Gasteiger partial charge in [-0.2, -0.15) is 70.2 Å². The zero-order chi connectivity index (χ0) is 100. The largest absolute Gasteiger partial charge is 0.453 e. The van der Waals surface area contributed by atoms with E-state index in [1.807, 2.05) is 0 Å². The zero-order valence-corrected chi connectivity index (χ0v) is 75.7. The number of amides is 4. The summed E-state index contributed by atoms with van der Waals surface area (Å²) in [6.07, 6.45) is -14.1. The third kappa shape index (κ3) is 24.7. The highest BCUT2D eigenvalue weighted by atomic mass is 32.2. The minimum Gasteiger partial charge on any atom is -0.381 e. The van der Waals surface area contributed by atoms with Crippen molar-refractivity contribution < 1.29 is 153 Å². The highest BCUT2D eigenvalue weighted by Gasteiger charge is 2.60. The van der Waals surface area contributed by atoms with E-state index in [0.717, 1.165) is 31.9 Å². The summed E-state index contributed by atoms with van der Waals surface area (Å²) < 4.78 is 310. The molecule has 2 aliphatic carbocycles. The number of sulfone groups is 4. The number of benzene rings is 4. The van der Waals surface area contributed by atoms with Crippen molar-refractivity contribution in [3.63, 3.8) is 0 Å². The molecule has 50 heteroatoms. The summed E-state index contributed by atoms with van der Waals surface area (Å²) in [5.41, 5.74) is 10.5. The summed E-state index contributed by atoms with van der Waals surface area (Å²) in [6.45, 7) is 1.91. The fraction of sp³-hybridized carbons (Fsp3) is 0.471. The second-order valence-corrected chi connectivity index (χ2v) is 42.5. The first-order valence-corrected chi connectivity index (χ1v) is 48.6. The molecule has 0 atom stereocenters. The van der Waals surface area contributed by atoms with Crippen LogP contribution in [0.3, 0.4) is 0 Å². The van der Waals surface area contributed by atoms with Crippen LogP contribution in [0, 0.1) is 0 Å². The van der Waals surface area contributed by atoms with E-state index >= 15 is 0 Å². The maximum atomic E-state index is 13.6. The summed E-state index contributed by atoms with van der Waals surface area (Å²) in [6, 6.07) is 29.5. The van der Waals surface area contributed by atoms with E-state index < -0.39 is 157 Å². The molecular weight excluding hydrogens is 1930 g/mol. The molecule has 4 amide bonds. The van der Waals surface area contributed by atoms with Crippen molar-refractivity contribution in [3.05, 3.63) is 181 Å². The molecule has 4 aromatic heterocycles. The molecule has 746 valence electrons. The number of halogens is 16. The lowest BCUT2D eigenvalue weighted by molar-refractivity contribution is -0.284. The number of rotatable bonds is 29. The molecule has 0 bridgehead atoms. The lowest BCUT2D eigenvalue weighted by Gasteiger charge is -2.39. The Morgan fingerprint density at radius 2 is 0.599 bits per heavy atom. The monoisotopic (exact) mass is 2030 g/mol. The molecule has 14 rings (SSSR count). The average Bonchev–Trinajstić information content (AvgIpc) is 1.20. The molecule has 137 heavy (non-hydrogen) atoms. The van der Waals surface area contributed by atoms with Gasteiger partial charge in [0.15, 0.2) is 58.3 Å². The summed E-state index contributed by atoms with van der Waals surface area (Å²) in [5.74, 6) is -13.6. The molecule has 2 saturated carbocycles. The predicted molar refractivity (Wildman–Crippen MR) is 453 cm³/mol. The third-order valence-corrected chi connectivity index (χ3v) is 34.9. The van der Waals surface area contributed by atoms with Crippen molar-refractivity contribution in [2.24, 2.45) is 0 Å². The first-order chi connectivity index (χ1) is 64.3. The molecule has 6 aliphatic rings. The van der Waals surface area contributed by atoms with E-state index in [9.17, 15) is 134 Å². The van der Waals surface area contributed by atoms with Gasteiger partial charge in [-0.15, -0.1) is 0 Å². The van der Waals surface area contributed by atoms with Crippen LogP contribution >= 0.6 is 0 Å². The number of hydrogen-bond donors (Lipinski definition) is 8. The quantitative estimate of drug-likeness (QED) is 0.0123. The van der Waals surface area contributed by atoms with Crippen LogP contribution in [0.5, 0.6) is 0 Å². The van der Waals surface area contributed by atoms with Crippen molar-refractivity contribution in [2.75, 3.05) is 52.6 Å². The first kappa shape index (κ1) is 107. The number of carbonyl (C=O) groups excluding carboxylic acids is 4. The summed E-state index contributed by atoms with van der Waals surface area (Å²) >= 11 is 0. The molecule has 0 radical (unpaired) electrons. The van der Waals surface area contributed by atoms with Crippen LogP contribution in [0.15, 0.2) is 178 Å². The highest BCUT2D eigenvalue weighted by Crippen LogP contribution is 2.46. The van der Waals surface area contributed by atoms with Gasteiger partial charge in [-0.3, -0.25) is 69.9 Å². The van der Waals surface area contributed by atoms with Crippen LogP contribution in [-0.2, 0) is 93.7 Å². The normalized spacial score (nSPS) is 17.9. The SMILES string of the molecule is O=C(NO)C1(S(=O)(=O)c2ccc(-c3ccc(CCC(F)(F)C(F)(F)F)cn3)cc2)CCN(C2CC2)CC1.O=C(NO)C1(S(=O)(=O)c2ccc(-c3ccc(CCCC(F)(F)F)cn3)cc2)CCN(C2CC2)CC1.O=C(NO)C1(S(=O)(=O)c2ccc(-c3cnc(CCC(F)(F)C(F)(F)F)cn3)cc2)CCOCC1.O=C(NO)C1(S(=O)(=O)c2ccc(-c3cnc(CCC(F)(F)F)cn3)cc2)CCOCC1. The molecule has 4 aliphatic heterocycles. The van der Waals surface area contributed by atoms with Crippen molar-refractivity contribution in [1.82, 2.24) is 61.6 Å². The van der Waals surface area contributed by atoms with Gasteiger partial charge in [0.05, 0.1) is 66.1 Å². The number of hydrogen-bond acceptors (Lipinski definition) is 26. The van der Waals surface area contributed by atoms with Gasteiger partial charge in [-0.05, 0) is 181 Å². The van der Waals surface area contributed by atoms with Crippen LogP contribution in [0.2, 0.25) is 0 Å². The van der Waals surface area contributed by atoms with Crippen molar-refractivity contribution in [2.45, 2.75) is 222 Å². The Bertz CT molecular complexity index is 5960. The Morgan fingerprint density at radius 1 is 0.328 bits per heavy atom. The van der Waals surface area contributed by atoms with Gasteiger partial charge in [0.1, 0.15) is 0 Å². The third-order valence-electron chi connectivity index (χ3n) is 24.8. The van der Waals surface area contributed by atoms with E-state index in [2.05, 4.69) is 39.7 Å². The van der Waals surface area contributed by atoms with Crippen LogP contribution < -0.4 is 21.9 Å². The number of aromatic nitrogens is 6. The number of aryl methyl sites for hydroxylation is 4. The molecule has 8 N–H and O–H groups in total. The van der Waals surface area contributed by atoms with E-state index in [1.165, 1.54) is 144 Å². The molecule has 0 unspecified atom stereocenters. The number of nitrogens with zero attached hydrogens (tertiary/aromatic N) is 8. The summed E-state index contributed by atoms with van der Waals surface area (Å²) in [4.78, 5) is 78.0. The van der Waals surface area contributed by atoms with Gasteiger partial charge in [0.25, 0.3) is 23.6 Å². The van der Waals surface area contributed by atoms with Gasteiger partial charge in [-0.25, -0.2) is 55.6 Å². The van der Waals surface area contributed by atoms with Crippen molar-refractivity contribution in [3.8, 4) is 45.0 Å². The number of ether oxygens (including phenoxy) is 2. The standard InChI is InChI=1S/C24H26F5N3O4S.C24H28F3N3O4S.C20H20F5N3O5S.C19H20F3N3O5S/c25-23(26,24(27,28)29)10-9-16-1-8-20(30-15-16)17-2-6-19(7-3-17)37(35,36)22(21(33)31-34)11-13-32(14-12-22)18-4-5-18;25-24(26,27)11-1-2-17-3-10-21(28-16-17)18-4-8-20(9-5-18)35(33,34)23(22(31)29-32)12-14-30(15-13-23)19-6-7-19;21-19(22,20(23,24)25)6-5-14-11-27-16(12-26-14)13-1-3-15(4-2-13)34(31,32)18(17(29)28-30)7-9-33-10-8-18;20-19(21,22)6-5-14-11-24-16(12-23-14)13-1-3-15(4-2-13)31(28,29)18(17(26)25-27)7-9-30-10-8-18/h1-3,6-8,15,18,34H,4-5,9-14H2,(H,31,33);3-5,8-10,16,19,32H,1-2,6-7,11-15H2,(H,29,31);1-4,11-12,30H,5-10H2,(H,28,29);1-4,11-12,27H,5-10H2,(H,25,26). The molecule has 6 fully saturated rings. The smallest absolute Gasteiger partial charge is 0.381 e. The number of piperidine rings is 2. The maximum Gasteiger partial charge on any atom is 0.453 e. The molecule has 8 aromatic rings. The first-order valence-electron chi connectivity index (χ1n) is 42.7. The second-order valence-electron chi connectivity index (χ2n) is 33.5. The predicted octanol–water partition coefficient (Wildman–Crippen LogP) is 13.6. The molecular formula is C87H94F16N12O18S4. The Balaban J connectivity index is 0.000000176. The van der Waals surface area contributed by atoms with Gasteiger partial charge >= 0.3 is 36.6 Å². The van der Waals surface area contributed by atoms with Gasteiger partial charge < -0.3 is 19.3 Å². The van der Waals surface area contributed by atoms with E-state index in [0.29, 0.717) is 83.2 Å². The van der Waals surface area contributed by atoms with Gasteiger partial charge in [0, 0.05) is 137 Å². The average molecular weight is 2030 g/mol. The molecule has 4 aromatic carbocycles. The number of likely N-dealkylation sites (tertiary alicyclic amines) is 2. The van der Waals surface area contributed by atoms with Crippen LogP contribution in [0.4, 0.5) is 70.2 Å². The number of alkyl halides is 16. The molecule has 4 saturated heterocycles. The Labute approximate surface area is 774 Å². The van der Waals surface area contributed by atoms with Gasteiger partial charge in [0.2, 0.25) is 0 Å². The Hall–Kier alpha value is -10.4. The maximum absolute atomic E-state index is 13.6. The van der Waals surface area contributed by atoms with E-state index in [4.69, 9.17) is 19.9 Å². The zero-order valence-electron chi connectivity index (χ0n) is 72.4. The topological polar surface area (TPSA) is 436 Å². The lowest BCUT2D eigenvalue weighted by Crippen LogP contribution is -2.58. The highest BCUT2D eigenvalue weighted by molar-refractivity contribution is 7.94. The van der Waals surface area contributed by atoms with Gasteiger partial charge in [-0.1, -0.05) is 60.7 Å². The second kappa shape index (κ2) is 43.1. The van der Waals surface area contributed by atoms with E-state index in [-0.39, 0.29) is 139 Å². The minimum atomic E-state index is -5.65. The molecule has 30 nitrogen and oxygen atoms in total. The summed E-state index contributed by atoms with van der Waals surface area (Å²) in [7, 11) is -16.7. The minimum absolute atomic E-state index is 0.0152.